The van der Waals surface area contributed by atoms with Crippen molar-refractivity contribution in [3.8, 4) is 5.75 Å². The lowest BCUT2D eigenvalue weighted by molar-refractivity contribution is 0.0439. The monoisotopic (exact) mass is 589 g/mol. The zero-order valence-corrected chi connectivity index (χ0v) is 25.3. The van der Waals surface area contributed by atoms with Crippen LogP contribution in [0.2, 0.25) is 10.0 Å². The smallest absolute Gasteiger partial charge is 0.494 e. The molecule has 1 saturated heterocycles. The number of nitrogens with zero attached hydrogens (tertiary/aromatic N) is 3. The van der Waals surface area contributed by atoms with Gasteiger partial charge in [0.1, 0.15) is 11.9 Å². The van der Waals surface area contributed by atoms with Gasteiger partial charge in [-0.1, -0.05) is 56.1 Å². The summed E-state index contributed by atoms with van der Waals surface area (Å²) in [4.78, 5) is 21.7. The molecule has 9 heteroatoms. The fourth-order valence-corrected chi connectivity index (χ4v) is 5.53. The third-order valence-electron chi connectivity index (χ3n) is 7.35. The van der Waals surface area contributed by atoms with Crippen molar-refractivity contribution in [1.29, 1.82) is 0 Å². The Morgan fingerprint density at radius 3 is 2.60 bits per heavy atom. The largest absolute Gasteiger partial charge is 0.515 e. The predicted molar refractivity (Wildman–Crippen MR) is 163 cm³/mol. The molecule has 0 bridgehead atoms. The lowest BCUT2D eigenvalue weighted by Gasteiger charge is -2.36. The van der Waals surface area contributed by atoms with Crippen LogP contribution in [0.1, 0.15) is 58.4 Å². The van der Waals surface area contributed by atoms with E-state index >= 15 is 0 Å². The molecule has 0 amide bonds. The highest BCUT2D eigenvalue weighted by Gasteiger charge is 2.21. The Morgan fingerprint density at radius 2 is 1.85 bits per heavy atom. The molecule has 7 nitrogen and oxygen atoms in total. The number of rotatable bonds is 11. The second-order valence-electron chi connectivity index (χ2n) is 10.9. The summed E-state index contributed by atoms with van der Waals surface area (Å²) >= 11 is 12.6. The molecule has 2 aromatic rings. The molecule has 2 aliphatic heterocycles. The van der Waals surface area contributed by atoms with E-state index in [4.69, 9.17) is 37.4 Å². The quantitative estimate of drug-likeness (QED) is 0.196. The second-order valence-corrected chi connectivity index (χ2v) is 11.7. The van der Waals surface area contributed by atoms with E-state index < -0.39 is 6.16 Å². The van der Waals surface area contributed by atoms with Crippen LogP contribution in [0, 0.1) is 5.92 Å². The number of fused-ring (bicyclic) bond motifs is 1. The highest BCUT2D eigenvalue weighted by Crippen LogP contribution is 2.33. The molecule has 4 rings (SSSR count). The van der Waals surface area contributed by atoms with Gasteiger partial charge in [0.15, 0.2) is 0 Å². The summed E-state index contributed by atoms with van der Waals surface area (Å²) in [5, 5.41) is 1.24. The van der Waals surface area contributed by atoms with Crippen molar-refractivity contribution in [2.75, 3.05) is 44.2 Å². The Morgan fingerprint density at radius 1 is 1.05 bits per heavy atom. The Bertz CT molecular complexity index is 1170. The number of aryl methyl sites for hydroxylation is 1. The average Bonchev–Trinajstić information content (AvgIpc) is 2.94. The molecule has 2 heterocycles. The molecular weight excluding hydrogens is 549 g/mol. The molecule has 0 aromatic heterocycles. The van der Waals surface area contributed by atoms with E-state index in [1.807, 2.05) is 43.3 Å². The Kier molecular flexibility index (Phi) is 11.4. The fourth-order valence-electron chi connectivity index (χ4n) is 5.11. The lowest BCUT2D eigenvalue weighted by Crippen LogP contribution is -2.46. The first kappa shape index (κ1) is 30.5. The topological polar surface area (TPSA) is 63.6 Å². The minimum absolute atomic E-state index is 0.137. The molecule has 0 aliphatic carbocycles. The van der Waals surface area contributed by atoms with Crippen molar-refractivity contribution in [1.82, 2.24) is 4.90 Å². The van der Waals surface area contributed by atoms with E-state index in [-0.39, 0.29) is 6.10 Å². The van der Waals surface area contributed by atoms with Crippen molar-refractivity contribution in [2.24, 2.45) is 10.9 Å². The molecule has 40 heavy (non-hydrogen) atoms. The summed E-state index contributed by atoms with van der Waals surface area (Å²) in [5.41, 5.74) is 2.93. The van der Waals surface area contributed by atoms with Crippen LogP contribution in [-0.4, -0.2) is 62.4 Å². The van der Waals surface area contributed by atoms with E-state index in [2.05, 4.69) is 28.6 Å². The summed E-state index contributed by atoms with van der Waals surface area (Å²) in [5.74, 6) is 1.62. The molecule has 0 saturated carbocycles. The van der Waals surface area contributed by atoms with Crippen LogP contribution >= 0.6 is 23.2 Å². The van der Waals surface area contributed by atoms with Gasteiger partial charge in [0, 0.05) is 38.7 Å². The van der Waals surface area contributed by atoms with E-state index in [1.165, 1.54) is 0 Å². The van der Waals surface area contributed by atoms with E-state index in [1.54, 1.807) is 0 Å². The molecule has 1 atom stereocenters. The van der Waals surface area contributed by atoms with Crippen LogP contribution in [-0.2, 0) is 15.9 Å². The van der Waals surface area contributed by atoms with Gasteiger partial charge in [0.05, 0.1) is 28.0 Å². The third kappa shape index (κ3) is 8.76. The number of aliphatic imine (C=N–C) groups is 1. The van der Waals surface area contributed by atoms with Crippen LogP contribution in [0.15, 0.2) is 41.4 Å². The molecule has 1 unspecified atom stereocenters. The van der Waals surface area contributed by atoms with Gasteiger partial charge in [0.2, 0.25) is 5.90 Å². The van der Waals surface area contributed by atoms with Gasteiger partial charge in [-0.25, -0.2) is 9.79 Å². The minimum atomic E-state index is -0.670. The molecule has 0 N–H and O–H groups in total. The van der Waals surface area contributed by atoms with Gasteiger partial charge in [0.25, 0.3) is 0 Å². The maximum absolute atomic E-state index is 12.3. The third-order valence-corrected chi connectivity index (χ3v) is 8.15. The zero-order chi connectivity index (χ0) is 28.5. The van der Waals surface area contributed by atoms with Crippen molar-refractivity contribution >= 4 is 46.6 Å². The SMILES string of the molecule is CCC(CC(C)C)OC(=O)OC1=Nc2cc(OCCCCN3CCN(c4cccc(Cl)c4Cl)CC3)ccc2CC1. The summed E-state index contributed by atoms with van der Waals surface area (Å²) in [7, 11) is 0. The number of anilines is 1. The van der Waals surface area contributed by atoms with Crippen molar-refractivity contribution in [2.45, 2.75) is 65.4 Å². The van der Waals surface area contributed by atoms with Gasteiger partial charge in [-0.05, 0) is 68.3 Å². The number of hydrogen-bond donors (Lipinski definition) is 0. The van der Waals surface area contributed by atoms with Crippen LogP contribution in [0.25, 0.3) is 0 Å². The van der Waals surface area contributed by atoms with Gasteiger partial charge in [-0.2, -0.15) is 0 Å². The first-order chi connectivity index (χ1) is 19.3. The summed E-state index contributed by atoms with van der Waals surface area (Å²) in [6.07, 6.45) is 4.15. The standard InChI is InChI=1S/C31H41Cl2N3O4/c1-4-24(20-22(2)3)39-31(37)40-29-13-11-23-10-12-25(21-27(23)34-29)38-19-6-5-14-35-15-17-36(18-16-35)28-9-7-8-26(32)30(28)33/h7-10,12,21-22,24H,4-6,11,13-20H2,1-3H3. The van der Waals surface area contributed by atoms with Crippen LogP contribution in [0.3, 0.4) is 0 Å². The fraction of sp³-hybridized carbons (Fsp3) is 0.548. The van der Waals surface area contributed by atoms with Gasteiger partial charge >= 0.3 is 6.16 Å². The minimum Gasteiger partial charge on any atom is -0.494 e. The number of piperazine rings is 1. The number of halogens is 2. The number of hydrogen-bond acceptors (Lipinski definition) is 7. The second kappa shape index (κ2) is 14.9. The molecular formula is C31H41Cl2N3O4. The summed E-state index contributed by atoms with van der Waals surface area (Å²) < 4.78 is 17.0. The zero-order valence-electron chi connectivity index (χ0n) is 23.8. The van der Waals surface area contributed by atoms with Gasteiger partial charge in [-0.3, -0.25) is 4.90 Å². The molecule has 0 spiro atoms. The average molecular weight is 591 g/mol. The first-order valence-electron chi connectivity index (χ1n) is 14.5. The van der Waals surface area contributed by atoms with Gasteiger partial charge in [-0.15, -0.1) is 0 Å². The lowest BCUT2D eigenvalue weighted by atomic mass is 10.0. The highest BCUT2D eigenvalue weighted by molar-refractivity contribution is 6.43. The normalized spacial score (nSPS) is 16.4. The maximum atomic E-state index is 12.3. The van der Waals surface area contributed by atoms with E-state index in [0.717, 1.165) is 87.5 Å². The first-order valence-corrected chi connectivity index (χ1v) is 15.2. The summed E-state index contributed by atoms with van der Waals surface area (Å²) in [6, 6.07) is 11.8. The molecule has 1 fully saturated rings. The van der Waals surface area contributed by atoms with Crippen LogP contribution in [0.5, 0.6) is 5.75 Å². The van der Waals surface area contributed by atoms with Gasteiger partial charge < -0.3 is 19.1 Å². The maximum Gasteiger partial charge on any atom is 0.515 e. The molecule has 218 valence electrons. The number of carbonyl (C=O) groups excluding carboxylic acids is 1. The van der Waals surface area contributed by atoms with Crippen molar-refractivity contribution in [3.05, 3.63) is 52.0 Å². The number of benzene rings is 2. The van der Waals surface area contributed by atoms with E-state index in [9.17, 15) is 4.79 Å². The van der Waals surface area contributed by atoms with Crippen LogP contribution in [0.4, 0.5) is 16.2 Å². The Labute approximate surface area is 248 Å². The number of ether oxygens (including phenoxy) is 3. The van der Waals surface area contributed by atoms with Crippen molar-refractivity contribution < 1.29 is 19.0 Å². The molecule has 2 aromatic carbocycles. The number of carbonyl (C=O) groups is 1. The predicted octanol–water partition coefficient (Wildman–Crippen LogP) is 7.93. The number of unbranched alkanes of at least 4 members (excludes halogenated alkanes) is 1. The molecule has 0 radical (unpaired) electrons. The Balaban J connectivity index is 1.17. The Hall–Kier alpha value is -2.48. The van der Waals surface area contributed by atoms with Crippen LogP contribution < -0.4 is 9.64 Å². The van der Waals surface area contributed by atoms with Crippen molar-refractivity contribution in [3.63, 3.8) is 0 Å². The van der Waals surface area contributed by atoms with E-state index in [0.29, 0.717) is 34.9 Å². The molecule has 2 aliphatic rings. The summed E-state index contributed by atoms with van der Waals surface area (Å²) in [6.45, 7) is 11.8. The highest BCUT2D eigenvalue weighted by atomic mass is 35.5.